The maximum absolute atomic E-state index is 11.7. The molecule has 0 saturated carbocycles. The average molecular weight is 332 g/mol. The number of thioether (sulfide) groups is 1. The second kappa shape index (κ2) is 8.14. The van der Waals surface area contributed by atoms with Crippen LogP contribution in [0.5, 0.6) is 5.75 Å². The number of carbonyl (C=O) groups excluding carboxylic acids is 1. The molecular weight excluding hydrogens is 312 g/mol. The van der Waals surface area contributed by atoms with Crippen LogP contribution in [-0.4, -0.2) is 38.2 Å². The number of amides is 1. The molecule has 6 nitrogen and oxygen atoms in total. The van der Waals surface area contributed by atoms with Crippen LogP contribution in [0.1, 0.15) is 13.3 Å². The van der Waals surface area contributed by atoms with Crippen molar-refractivity contribution in [3.63, 3.8) is 0 Å². The normalized spacial score (nSPS) is 11.3. The first-order chi connectivity index (χ1) is 9.84. The van der Waals surface area contributed by atoms with Gasteiger partial charge >= 0.3 is 0 Å². The number of sulfone groups is 1. The number of nitrogen functional groups attached to an aromatic ring is 1. The first-order valence-electron chi connectivity index (χ1n) is 6.48. The highest BCUT2D eigenvalue weighted by atomic mass is 32.2. The molecule has 0 spiro atoms. The Labute approximate surface area is 129 Å². The Bertz CT molecular complexity index is 588. The number of benzene rings is 1. The topological polar surface area (TPSA) is 112 Å². The molecule has 1 amide bonds. The maximum atomic E-state index is 11.7. The molecule has 0 aliphatic heterocycles. The summed E-state index contributed by atoms with van der Waals surface area (Å²) in [6.45, 7) is 2.43. The summed E-state index contributed by atoms with van der Waals surface area (Å²) >= 11 is 1.35. The van der Waals surface area contributed by atoms with Crippen molar-refractivity contribution >= 4 is 33.2 Å². The molecule has 1 aromatic carbocycles. The van der Waals surface area contributed by atoms with Crippen molar-refractivity contribution in [3.05, 3.63) is 18.2 Å². The highest BCUT2D eigenvalue weighted by molar-refractivity contribution is 8.00. The fraction of sp³-hybridized carbons (Fsp3) is 0.462. The van der Waals surface area contributed by atoms with Crippen LogP contribution in [0.4, 0.5) is 5.69 Å². The lowest BCUT2D eigenvalue weighted by atomic mass is 10.3. The third-order valence-corrected chi connectivity index (χ3v) is 5.59. The van der Waals surface area contributed by atoms with Crippen LogP contribution in [0.2, 0.25) is 0 Å². The van der Waals surface area contributed by atoms with Gasteiger partial charge in [-0.3, -0.25) is 4.79 Å². The Morgan fingerprint density at radius 3 is 2.67 bits per heavy atom. The van der Waals surface area contributed by atoms with E-state index in [2.05, 4.69) is 0 Å². The van der Waals surface area contributed by atoms with E-state index in [9.17, 15) is 13.2 Å². The van der Waals surface area contributed by atoms with Gasteiger partial charge in [-0.1, -0.05) is 0 Å². The second-order valence-electron chi connectivity index (χ2n) is 4.35. The minimum absolute atomic E-state index is 0.0246. The molecule has 118 valence electrons. The van der Waals surface area contributed by atoms with Crippen molar-refractivity contribution in [2.75, 3.05) is 29.6 Å². The number of ether oxygens (including phenoxy) is 1. The van der Waals surface area contributed by atoms with E-state index in [1.165, 1.54) is 11.8 Å². The number of primary amides is 1. The molecule has 0 atom stereocenters. The van der Waals surface area contributed by atoms with Crippen molar-refractivity contribution in [3.8, 4) is 5.75 Å². The third kappa shape index (κ3) is 6.72. The smallest absolute Gasteiger partial charge is 0.218 e. The molecule has 1 aromatic rings. The third-order valence-electron chi connectivity index (χ3n) is 2.61. The predicted molar refractivity (Wildman–Crippen MR) is 85.2 cm³/mol. The summed E-state index contributed by atoms with van der Waals surface area (Å²) in [4.78, 5) is 11.4. The highest BCUT2D eigenvalue weighted by Crippen LogP contribution is 2.29. The van der Waals surface area contributed by atoms with Crippen LogP contribution in [0.25, 0.3) is 0 Å². The Morgan fingerprint density at radius 2 is 2.05 bits per heavy atom. The fourth-order valence-corrected chi connectivity index (χ4v) is 4.25. The fourth-order valence-electron chi connectivity index (χ4n) is 1.53. The van der Waals surface area contributed by atoms with E-state index in [1.807, 2.05) is 6.92 Å². The Hall–Kier alpha value is -1.41. The Balaban J connectivity index is 2.55. The summed E-state index contributed by atoms with van der Waals surface area (Å²) in [5.41, 5.74) is 11.4. The van der Waals surface area contributed by atoms with E-state index in [0.29, 0.717) is 23.8 Å². The van der Waals surface area contributed by atoms with Crippen molar-refractivity contribution in [2.24, 2.45) is 5.73 Å². The number of hydrogen-bond donors (Lipinski definition) is 2. The SMILES string of the molecule is CCOc1ccc(N)c(SCCS(=O)(=O)CCC(N)=O)c1. The van der Waals surface area contributed by atoms with Crippen molar-refractivity contribution in [2.45, 2.75) is 18.2 Å². The standard InChI is InChI=1S/C13H20N2O4S2/c1-2-19-10-3-4-11(14)12(9-10)20-6-8-21(17,18)7-5-13(15)16/h3-4,9H,2,5-8,14H2,1H3,(H2,15,16). The lowest BCUT2D eigenvalue weighted by molar-refractivity contribution is -0.117. The summed E-state index contributed by atoms with van der Waals surface area (Å²) < 4.78 is 28.8. The summed E-state index contributed by atoms with van der Waals surface area (Å²) in [6.07, 6.45) is -0.144. The summed E-state index contributed by atoms with van der Waals surface area (Å²) in [6, 6.07) is 5.29. The molecule has 0 fully saturated rings. The zero-order chi connectivity index (χ0) is 15.9. The van der Waals surface area contributed by atoms with Gasteiger partial charge in [0.15, 0.2) is 9.84 Å². The summed E-state index contributed by atoms with van der Waals surface area (Å²) in [7, 11) is -3.27. The van der Waals surface area contributed by atoms with Crippen molar-refractivity contribution in [1.29, 1.82) is 0 Å². The van der Waals surface area contributed by atoms with E-state index in [4.69, 9.17) is 16.2 Å². The number of rotatable bonds is 9. The van der Waals surface area contributed by atoms with Gasteiger partial charge in [0.2, 0.25) is 5.91 Å². The molecule has 0 radical (unpaired) electrons. The van der Waals surface area contributed by atoms with E-state index < -0.39 is 15.7 Å². The lowest BCUT2D eigenvalue weighted by Crippen LogP contribution is -2.19. The molecular formula is C13H20N2O4S2. The van der Waals surface area contributed by atoms with E-state index in [0.717, 1.165) is 4.90 Å². The minimum Gasteiger partial charge on any atom is -0.494 e. The quantitative estimate of drug-likeness (QED) is 0.516. The molecule has 0 unspecified atom stereocenters. The van der Waals surface area contributed by atoms with Gasteiger partial charge in [-0.05, 0) is 25.1 Å². The lowest BCUT2D eigenvalue weighted by Gasteiger charge is -2.09. The van der Waals surface area contributed by atoms with Crippen LogP contribution in [0.3, 0.4) is 0 Å². The molecule has 0 saturated heterocycles. The highest BCUT2D eigenvalue weighted by Gasteiger charge is 2.13. The zero-order valence-corrected chi connectivity index (χ0v) is 13.5. The zero-order valence-electron chi connectivity index (χ0n) is 11.9. The molecule has 0 aliphatic carbocycles. The second-order valence-corrected chi connectivity index (χ2v) is 7.79. The van der Waals surface area contributed by atoms with Gasteiger partial charge in [0.1, 0.15) is 5.75 Å². The Morgan fingerprint density at radius 1 is 1.33 bits per heavy atom. The van der Waals surface area contributed by atoms with Gasteiger partial charge in [-0.15, -0.1) is 11.8 Å². The summed E-state index contributed by atoms with van der Waals surface area (Å²) in [5.74, 6) is 0.215. The Kier molecular flexibility index (Phi) is 6.83. The van der Waals surface area contributed by atoms with Crippen LogP contribution >= 0.6 is 11.8 Å². The molecule has 1 rings (SSSR count). The predicted octanol–water partition coefficient (Wildman–Crippen LogP) is 1.05. The number of nitrogens with two attached hydrogens (primary N) is 2. The van der Waals surface area contributed by atoms with Crippen LogP contribution < -0.4 is 16.2 Å². The van der Waals surface area contributed by atoms with Gasteiger partial charge in [-0.2, -0.15) is 0 Å². The van der Waals surface area contributed by atoms with Crippen LogP contribution in [0.15, 0.2) is 23.1 Å². The molecule has 4 N–H and O–H groups in total. The molecule has 0 bridgehead atoms. The monoisotopic (exact) mass is 332 g/mol. The first-order valence-corrected chi connectivity index (χ1v) is 9.28. The van der Waals surface area contributed by atoms with E-state index >= 15 is 0 Å². The first kappa shape index (κ1) is 17.6. The number of hydrogen-bond acceptors (Lipinski definition) is 6. The van der Waals surface area contributed by atoms with E-state index in [1.54, 1.807) is 18.2 Å². The molecule has 0 aromatic heterocycles. The number of anilines is 1. The van der Waals surface area contributed by atoms with Crippen molar-refractivity contribution < 1.29 is 17.9 Å². The maximum Gasteiger partial charge on any atom is 0.218 e. The molecule has 21 heavy (non-hydrogen) atoms. The van der Waals surface area contributed by atoms with Gasteiger partial charge in [0.25, 0.3) is 0 Å². The minimum atomic E-state index is -3.27. The van der Waals surface area contributed by atoms with Crippen molar-refractivity contribution in [1.82, 2.24) is 0 Å². The average Bonchev–Trinajstić information content (AvgIpc) is 2.40. The van der Waals surface area contributed by atoms with E-state index in [-0.39, 0.29) is 17.9 Å². The summed E-state index contributed by atoms with van der Waals surface area (Å²) in [5, 5.41) is 0. The van der Waals surface area contributed by atoms with Crippen LogP contribution in [0, 0.1) is 0 Å². The van der Waals surface area contributed by atoms with Gasteiger partial charge in [0, 0.05) is 22.8 Å². The molecule has 0 aliphatic rings. The van der Waals surface area contributed by atoms with Crippen LogP contribution in [-0.2, 0) is 14.6 Å². The molecule has 8 heteroatoms. The van der Waals surface area contributed by atoms with Gasteiger partial charge < -0.3 is 16.2 Å². The number of carbonyl (C=O) groups is 1. The largest absolute Gasteiger partial charge is 0.494 e. The van der Waals surface area contributed by atoms with Gasteiger partial charge in [0.05, 0.1) is 18.1 Å². The van der Waals surface area contributed by atoms with Gasteiger partial charge in [-0.25, -0.2) is 8.42 Å². The molecule has 0 heterocycles.